The van der Waals surface area contributed by atoms with Crippen LogP contribution in [0.2, 0.25) is 0 Å². The van der Waals surface area contributed by atoms with Gasteiger partial charge in [-0.05, 0) is 58.7 Å². The van der Waals surface area contributed by atoms with E-state index in [1.165, 1.54) is 25.7 Å². The second-order valence-corrected chi connectivity index (χ2v) is 13.5. The van der Waals surface area contributed by atoms with Gasteiger partial charge in [-0.2, -0.15) is 0 Å². The molecule has 3 aromatic heterocycles. The van der Waals surface area contributed by atoms with Gasteiger partial charge in [-0.15, -0.1) is 11.3 Å². The SMILES string of the molecule is c1ccc(-c2ccc3oc4cccc(-c5cccc(-c6nc(-c7ccccc7)nc(-c7ccc8c(c7)sc7ccccc78)n6)c5)c4c3c2)cc1. The fourth-order valence-electron chi connectivity index (χ4n) is 6.92. The molecule has 0 atom stereocenters. The quantitative estimate of drug-likeness (QED) is 0.185. The van der Waals surface area contributed by atoms with E-state index in [0.717, 1.165) is 55.3 Å². The summed E-state index contributed by atoms with van der Waals surface area (Å²) >= 11 is 1.79. The highest BCUT2D eigenvalue weighted by Crippen LogP contribution is 2.40. The number of aromatic nitrogens is 3. The minimum absolute atomic E-state index is 0.628. The van der Waals surface area contributed by atoms with E-state index in [9.17, 15) is 0 Å². The molecule has 0 saturated heterocycles. The largest absolute Gasteiger partial charge is 0.456 e. The van der Waals surface area contributed by atoms with E-state index in [4.69, 9.17) is 19.4 Å². The van der Waals surface area contributed by atoms with Crippen molar-refractivity contribution in [3.8, 4) is 56.4 Å². The van der Waals surface area contributed by atoms with E-state index >= 15 is 0 Å². The van der Waals surface area contributed by atoms with E-state index in [0.29, 0.717) is 17.5 Å². The van der Waals surface area contributed by atoms with Crippen molar-refractivity contribution in [1.82, 2.24) is 15.0 Å². The molecule has 234 valence electrons. The molecule has 7 aromatic carbocycles. The molecule has 0 aliphatic rings. The van der Waals surface area contributed by atoms with Gasteiger partial charge in [-0.3, -0.25) is 0 Å². The van der Waals surface area contributed by atoms with Crippen LogP contribution in [-0.2, 0) is 0 Å². The minimum atomic E-state index is 0.628. The monoisotopic (exact) mass is 657 g/mol. The number of hydrogen-bond acceptors (Lipinski definition) is 5. The molecule has 10 aromatic rings. The van der Waals surface area contributed by atoms with Gasteiger partial charge in [0, 0.05) is 47.6 Å². The zero-order valence-electron chi connectivity index (χ0n) is 26.7. The summed E-state index contributed by atoms with van der Waals surface area (Å²) in [6.45, 7) is 0. The maximum Gasteiger partial charge on any atom is 0.164 e. The topological polar surface area (TPSA) is 51.8 Å². The Kier molecular flexibility index (Phi) is 6.64. The number of benzene rings is 7. The lowest BCUT2D eigenvalue weighted by molar-refractivity contribution is 0.669. The number of thiophene rings is 1. The molecule has 5 heteroatoms. The van der Waals surface area contributed by atoms with Crippen LogP contribution < -0.4 is 0 Å². The van der Waals surface area contributed by atoms with Gasteiger partial charge in [0.1, 0.15) is 11.2 Å². The number of fused-ring (bicyclic) bond motifs is 6. The summed E-state index contributed by atoms with van der Waals surface area (Å²) in [5, 5.41) is 4.70. The highest BCUT2D eigenvalue weighted by Gasteiger charge is 2.17. The van der Waals surface area contributed by atoms with Crippen molar-refractivity contribution in [3.63, 3.8) is 0 Å². The first-order valence-electron chi connectivity index (χ1n) is 16.6. The predicted octanol–water partition coefficient (Wildman–Crippen LogP) is 12.5. The summed E-state index contributed by atoms with van der Waals surface area (Å²) in [5.74, 6) is 1.92. The first-order valence-corrected chi connectivity index (χ1v) is 17.4. The van der Waals surface area contributed by atoms with E-state index < -0.39 is 0 Å². The third kappa shape index (κ3) is 4.87. The summed E-state index contributed by atoms with van der Waals surface area (Å²) in [6, 6.07) is 56.9. The van der Waals surface area contributed by atoms with Gasteiger partial charge in [0.25, 0.3) is 0 Å². The lowest BCUT2D eigenvalue weighted by atomic mass is 9.96. The van der Waals surface area contributed by atoms with Crippen LogP contribution >= 0.6 is 11.3 Å². The van der Waals surface area contributed by atoms with Crippen LogP contribution in [0, 0.1) is 0 Å². The lowest BCUT2D eigenvalue weighted by Crippen LogP contribution is -2.00. The van der Waals surface area contributed by atoms with Gasteiger partial charge in [-0.25, -0.2) is 15.0 Å². The van der Waals surface area contributed by atoms with Crippen LogP contribution in [0.3, 0.4) is 0 Å². The van der Waals surface area contributed by atoms with E-state index in [-0.39, 0.29) is 0 Å². The molecular formula is C45H27N3OS. The number of rotatable bonds is 5. The third-order valence-electron chi connectivity index (χ3n) is 9.34. The number of hydrogen-bond donors (Lipinski definition) is 0. The molecule has 0 unspecified atom stereocenters. The smallest absolute Gasteiger partial charge is 0.164 e. The van der Waals surface area contributed by atoms with Crippen molar-refractivity contribution < 1.29 is 4.42 Å². The number of furan rings is 1. The molecule has 0 bridgehead atoms. The van der Waals surface area contributed by atoms with Crippen molar-refractivity contribution in [1.29, 1.82) is 0 Å². The highest BCUT2D eigenvalue weighted by atomic mass is 32.1. The van der Waals surface area contributed by atoms with E-state index in [1.54, 1.807) is 11.3 Å². The van der Waals surface area contributed by atoms with Crippen LogP contribution in [0.25, 0.3) is 98.5 Å². The van der Waals surface area contributed by atoms with Crippen LogP contribution in [0.5, 0.6) is 0 Å². The average molecular weight is 658 g/mol. The third-order valence-corrected chi connectivity index (χ3v) is 10.5. The van der Waals surface area contributed by atoms with Gasteiger partial charge in [0.2, 0.25) is 0 Å². The summed E-state index contributed by atoms with van der Waals surface area (Å²) < 4.78 is 8.85. The molecule has 0 aliphatic heterocycles. The fraction of sp³-hybridized carbons (Fsp3) is 0. The van der Waals surface area contributed by atoms with Crippen LogP contribution in [-0.4, -0.2) is 15.0 Å². The van der Waals surface area contributed by atoms with Gasteiger partial charge in [0.15, 0.2) is 17.5 Å². The Morgan fingerprint density at radius 1 is 0.360 bits per heavy atom. The molecule has 4 nitrogen and oxygen atoms in total. The van der Waals surface area contributed by atoms with E-state index in [1.807, 2.05) is 42.5 Å². The molecule has 3 heterocycles. The maximum atomic E-state index is 6.37. The normalized spacial score (nSPS) is 11.6. The Morgan fingerprint density at radius 2 is 0.980 bits per heavy atom. The summed E-state index contributed by atoms with van der Waals surface area (Å²) in [6.07, 6.45) is 0. The van der Waals surface area contributed by atoms with Gasteiger partial charge < -0.3 is 4.42 Å². The lowest BCUT2D eigenvalue weighted by Gasteiger charge is -2.10. The van der Waals surface area contributed by atoms with Crippen molar-refractivity contribution in [2.75, 3.05) is 0 Å². The van der Waals surface area contributed by atoms with Crippen molar-refractivity contribution >= 4 is 53.4 Å². The maximum absolute atomic E-state index is 6.37. The fourth-order valence-corrected chi connectivity index (χ4v) is 8.06. The second kappa shape index (κ2) is 11.6. The first-order chi connectivity index (χ1) is 24.7. The molecule has 50 heavy (non-hydrogen) atoms. The Hall–Kier alpha value is -6.43. The van der Waals surface area contributed by atoms with Crippen molar-refractivity contribution in [2.45, 2.75) is 0 Å². The highest BCUT2D eigenvalue weighted by molar-refractivity contribution is 7.25. The summed E-state index contributed by atoms with van der Waals surface area (Å²) in [5.41, 5.74) is 9.05. The Balaban J connectivity index is 1.13. The molecule has 0 radical (unpaired) electrons. The zero-order valence-corrected chi connectivity index (χ0v) is 27.6. The molecule has 10 rings (SSSR count). The number of nitrogens with zero attached hydrogens (tertiary/aromatic N) is 3. The average Bonchev–Trinajstić information content (AvgIpc) is 3.76. The Labute approximate surface area is 292 Å². The first kappa shape index (κ1) is 28.6. The predicted molar refractivity (Wildman–Crippen MR) is 207 cm³/mol. The van der Waals surface area contributed by atoms with Gasteiger partial charge >= 0.3 is 0 Å². The van der Waals surface area contributed by atoms with Gasteiger partial charge in [0.05, 0.1) is 0 Å². The van der Waals surface area contributed by atoms with Crippen molar-refractivity contribution in [2.24, 2.45) is 0 Å². The molecule has 0 fully saturated rings. The molecular weight excluding hydrogens is 631 g/mol. The Morgan fingerprint density at radius 3 is 1.80 bits per heavy atom. The summed E-state index contributed by atoms with van der Waals surface area (Å²) in [4.78, 5) is 15.2. The van der Waals surface area contributed by atoms with Crippen LogP contribution in [0.4, 0.5) is 0 Å². The van der Waals surface area contributed by atoms with Crippen LogP contribution in [0.1, 0.15) is 0 Å². The van der Waals surface area contributed by atoms with Crippen LogP contribution in [0.15, 0.2) is 168 Å². The van der Waals surface area contributed by atoms with E-state index in [2.05, 4.69) is 121 Å². The zero-order chi connectivity index (χ0) is 33.0. The molecule has 0 aliphatic carbocycles. The molecule has 0 saturated carbocycles. The Bertz CT molecular complexity index is 2870. The summed E-state index contributed by atoms with van der Waals surface area (Å²) in [7, 11) is 0. The molecule has 0 amide bonds. The second-order valence-electron chi connectivity index (χ2n) is 12.4. The minimum Gasteiger partial charge on any atom is -0.456 e. The molecule has 0 spiro atoms. The van der Waals surface area contributed by atoms with Crippen molar-refractivity contribution in [3.05, 3.63) is 164 Å². The molecule has 0 N–H and O–H groups in total. The standard InChI is InChI=1S/C45H27N3OS/c1-3-11-28(12-4-1)30-22-24-38-37(26-30)42-34(18-10-19-39(42)49-38)31-15-9-16-32(25-31)44-46-43(29-13-5-2-6-14-29)47-45(48-44)33-21-23-36-35-17-7-8-20-40(35)50-41(36)27-33/h1-27H. The van der Waals surface area contributed by atoms with Gasteiger partial charge in [-0.1, -0.05) is 127 Å².